The molecule has 4 aromatic rings. The molecule has 0 aliphatic carbocycles. The van der Waals surface area contributed by atoms with Crippen LogP contribution in [-0.4, -0.2) is 25.5 Å². The molecular formula is C22H19F2N5O2. The molecule has 2 aromatic heterocycles. The Kier molecular flexibility index (Phi) is 5.33. The van der Waals surface area contributed by atoms with E-state index < -0.39 is 23.1 Å². The van der Waals surface area contributed by atoms with Crippen LogP contribution in [0.5, 0.6) is 0 Å². The molecule has 0 aliphatic heterocycles. The van der Waals surface area contributed by atoms with Crippen LogP contribution in [0.1, 0.15) is 17.8 Å². The van der Waals surface area contributed by atoms with E-state index in [4.69, 9.17) is 0 Å². The van der Waals surface area contributed by atoms with E-state index in [9.17, 15) is 18.4 Å². The molecule has 0 fully saturated rings. The van der Waals surface area contributed by atoms with Crippen molar-refractivity contribution in [2.24, 2.45) is 0 Å². The van der Waals surface area contributed by atoms with Crippen molar-refractivity contribution in [1.29, 1.82) is 0 Å². The predicted octanol–water partition coefficient (Wildman–Crippen LogP) is 3.51. The van der Waals surface area contributed by atoms with Gasteiger partial charge in [-0.15, -0.1) is 0 Å². The summed E-state index contributed by atoms with van der Waals surface area (Å²) < 4.78 is 29.6. The van der Waals surface area contributed by atoms with Crippen LogP contribution in [0.15, 0.2) is 53.3 Å². The molecule has 0 saturated carbocycles. The van der Waals surface area contributed by atoms with Gasteiger partial charge in [-0.2, -0.15) is 10.2 Å². The third-order valence-electron chi connectivity index (χ3n) is 4.94. The third kappa shape index (κ3) is 3.94. The monoisotopic (exact) mass is 423 g/mol. The first-order chi connectivity index (χ1) is 14.8. The molecule has 9 heteroatoms. The summed E-state index contributed by atoms with van der Waals surface area (Å²) in [5, 5.41) is 11.8. The molecule has 0 radical (unpaired) electrons. The highest BCUT2D eigenvalue weighted by atomic mass is 19.1. The van der Waals surface area contributed by atoms with E-state index in [2.05, 4.69) is 15.5 Å². The fourth-order valence-electron chi connectivity index (χ4n) is 3.47. The van der Waals surface area contributed by atoms with Gasteiger partial charge >= 0.3 is 0 Å². The molecule has 1 amide bonds. The normalized spacial score (nSPS) is 11.1. The fourth-order valence-corrected chi connectivity index (χ4v) is 3.47. The lowest BCUT2D eigenvalue weighted by molar-refractivity contribution is -0.116. The molecule has 7 nitrogen and oxygen atoms in total. The van der Waals surface area contributed by atoms with Gasteiger partial charge in [-0.1, -0.05) is 18.2 Å². The Balaban J connectivity index is 1.59. The van der Waals surface area contributed by atoms with Crippen LogP contribution in [0.3, 0.4) is 0 Å². The average Bonchev–Trinajstić information content (AvgIpc) is 3.10. The van der Waals surface area contributed by atoms with Gasteiger partial charge < -0.3 is 5.32 Å². The molecule has 2 heterocycles. The summed E-state index contributed by atoms with van der Waals surface area (Å²) in [6.07, 6.45) is -0.118. The zero-order valence-corrected chi connectivity index (χ0v) is 16.9. The van der Waals surface area contributed by atoms with Gasteiger partial charge in [-0.3, -0.25) is 9.59 Å². The van der Waals surface area contributed by atoms with Crippen LogP contribution < -0.4 is 10.9 Å². The first-order valence-corrected chi connectivity index (χ1v) is 9.62. The molecule has 158 valence electrons. The lowest BCUT2D eigenvalue weighted by atomic mass is 10.2. The topological polar surface area (TPSA) is 81.8 Å². The van der Waals surface area contributed by atoms with Crippen molar-refractivity contribution in [2.75, 3.05) is 5.32 Å². The Hall–Kier alpha value is -3.88. The van der Waals surface area contributed by atoms with Crippen LogP contribution in [0.4, 0.5) is 14.5 Å². The number of hydrogen-bond acceptors (Lipinski definition) is 4. The van der Waals surface area contributed by atoms with Crippen molar-refractivity contribution in [3.63, 3.8) is 0 Å². The smallest absolute Gasteiger partial charge is 0.295 e. The van der Waals surface area contributed by atoms with E-state index in [0.717, 1.165) is 23.5 Å². The Morgan fingerprint density at radius 2 is 1.81 bits per heavy atom. The minimum Gasteiger partial charge on any atom is -0.324 e. The Morgan fingerprint density at radius 1 is 1.06 bits per heavy atom. The number of para-hydroxylation sites is 1. The number of fused-ring (bicyclic) bond motifs is 1. The lowest BCUT2D eigenvalue weighted by Crippen LogP contribution is -2.26. The van der Waals surface area contributed by atoms with Crippen LogP contribution in [0.25, 0.3) is 16.6 Å². The Bertz CT molecular complexity index is 1350. The van der Waals surface area contributed by atoms with E-state index >= 15 is 0 Å². The number of hydrogen-bond donors (Lipinski definition) is 1. The molecule has 0 aliphatic rings. The SMILES string of the molecule is Cc1nn(CCC(=O)Nc2ccc(F)cc2F)c(=O)c2nn(-c3ccccc3)c(C)c12. The maximum absolute atomic E-state index is 13.7. The van der Waals surface area contributed by atoms with Gasteiger partial charge in [0.15, 0.2) is 5.52 Å². The van der Waals surface area contributed by atoms with Crippen molar-refractivity contribution in [3.05, 3.63) is 81.9 Å². The van der Waals surface area contributed by atoms with Crippen molar-refractivity contribution in [1.82, 2.24) is 19.6 Å². The van der Waals surface area contributed by atoms with Gasteiger partial charge in [-0.25, -0.2) is 18.1 Å². The highest BCUT2D eigenvalue weighted by Gasteiger charge is 2.18. The predicted molar refractivity (Wildman–Crippen MR) is 112 cm³/mol. The van der Waals surface area contributed by atoms with Gasteiger partial charge in [-0.05, 0) is 38.1 Å². The molecule has 0 spiro atoms. The fraction of sp³-hybridized carbons (Fsp3) is 0.182. The second kappa shape index (κ2) is 8.10. The number of rotatable bonds is 5. The second-order valence-corrected chi connectivity index (χ2v) is 7.09. The second-order valence-electron chi connectivity index (χ2n) is 7.09. The van der Waals surface area contributed by atoms with Crippen LogP contribution in [-0.2, 0) is 11.3 Å². The summed E-state index contributed by atoms with van der Waals surface area (Å²) in [7, 11) is 0. The molecule has 0 atom stereocenters. The van der Waals surface area contributed by atoms with E-state index in [1.165, 1.54) is 4.68 Å². The number of carbonyl (C=O) groups is 1. The molecular weight excluding hydrogens is 404 g/mol. The van der Waals surface area contributed by atoms with Crippen molar-refractivity contribution >= 4 is 22.5 Å². The van der Waals surface area contributed by atoms with E-state index in [1.54, 1.807) is 11.6 Å². The van der Waals surface area contributed by atoms with E-state index in [-0.39, 0.29) is 24.2 Å². The first-order valence-electron chi connectivity index (χ1n) is 9.62. The minimum atomic E-state index is -0.872. The summed E-state index contributed by atoms with van der Waals surface area (Å²) >= 11 is 0. The number of aryl methyl sites for hydroxylation is 3. The quantitative estimate of drug-likeness (QED) is 0.533. The van der Waals surface area contributed by atoms with Crippen molar-refractivity contribution in [3.8, 4) is 5.69 Å². The molecule has 1 N–H and O–H groups in total. The molecule has 0 saturated heterocycles. The average molecular weight is 423 g/mol. The minimum absolute atomic E-state index is 0.0124. The number of carbonyl (C=O) groups excluding carboxylic acids is 1. The Labute approximate surface area is 175 Å². The van der Waals surface area contributed by atoms with Gasteiger partial charge in [0.1, 0.15) is 11.6 Å². The van der Waals surface area contributed by atoms with E-state index in [1.807, 2.05) is 37.3 Å². The summed E-state index contributed by atoms with van der Waals surface area (Å²) in [5.41, 5.74) is 1.94. The Morgan fingerprint density at radius 3 is 2.52 bits per heavy atom. The summed E-state index contributed by atoms with van der Waals surface area (Å²) in [4.78, 5) is 25.1. The van der Waals surface area contributed by atoms with Gasteiger partial charge in [0.05, 0.1) is 34.7 Å². The van der Waals surface area contributed by atoms with Crippen molar-refractivity contribution in [2.45, 2.75) is 26.8 Å². The standard InChI is InChI=1S/C22H19F2N5O2/c1-13-20-14(2)29(16-6-4-3-5-7-16)27-21(20)22(31)28(26-13)11-10-19(30)25-18-9-8-15(23)12-17(18)24/h3-9,12H,10-11H2,1-2H3,(H,25,30). The highest BCUT2D eigenvalue weighted by Crippen LogP contribution is 2.21. The molecule has 0 unspecified atom stereocenters. The van der Waals surface area contributed by atoms with Gasteiger partial charge in [0.2, 0.25) is 5.91 Å². The van der Waals surface area contributed by atoms with Crippen LogP contribution in [0.2, 0.25) is 0 Å². The van der Waals surface area contributed by atoms with Gasteiger partial charge in [0.25, 0.3) is 5.56 Å². The molecule has 4 rings (SSSR count). The largest absolute Gasteiger partial charge is 0.324 e. The zero-order valence-electron chi connectivity index (χ0n) is 16.9. The van der Waals surface area contributed by atoms with Crippen molar-refractivity contribution < 1.29 is 13.6 Å². The number of amides is 1. The molecule has 2 aromatic carbocycles. The number of anilines is 1. The number of nitrogens with one attached hydrogen (secondary N) is 1. The van der Waals surface area contributed by atoms with E-state index in [0.29, 0.717) is 17.1 Å². The lowest BCUT2D eigenvalue weighted by Gasteiger charge is -2.08. The summed E-state index contributed by atoms with van der Waals surface area (Å²) in [5.74, 6) is -2.13. The number of benzene rings is 2. The number of nitrogens with zero attached hydrogens (tertiary/aromatic N) is 4. The molecule has 0 bridgehead atoms. The zero-order chi connectivity index (χ0) is 22.1. The molecule has 31 heavy (non-hydrogen) atoms. The summed E-state index contributed by atoms with van der Waals surface area (Å²) in [6, 6.07) is 12.3. The highest BCUT2D eigenvalue weighted by molar-refractivity contribution is 5.90. The maximum atomic E-state index is 13.7. The maximum Gasteiger partial charge on any atom is 0.295 e. The number of aromatic nitrogens is 4. The third-order valence-corrected chi connectivity index (χ3v) is 4.94. The van der Waals surface area contributed by atoms with Gasteiger partial charge in [0, 0.05) is 12.5 Å². The summed E-state index contributed by atoms with van der Waals surface area (Å²) in [6.45, 7) is 3.63. The number of halogens is 2. The first kappa shape index (κ1) is 20.4. The van der Waals surface area contributed by atoms with Crippen LogP contribution in [0, 0.1) is 25.5 Å². The van der Waals surface area contributed by atoms with Crippen LogP contribution >= 0.6 is 0 Å².